The van der Waals surface area contributed by atoms with Gasteiger partial charge in [0, 0.05) is 11.4 Å². The standard InChI is InChI=1S/C14H18ClFN2O.ClH/c15-11-2-3-13(12(16)9-11)18-14(19)4-1-10-5-7-17-8-6-10;/h2-3,9-10,17H,1,4-8H2,(H,18,19);1H. The largest absolute Gasteiger partial charge is 0.324 e. The molecule has 0 spiro atoms. The molecule has 3 nitrogen and oxygen atoms in total. The number of hydrogen-bond donors (Lipinski definition) is 2. The minimum absolute atomic E-state index is 0. The first-order valence-electron chi connectivity index (χ1n) is 6.61. The van der Waals surface area contributed by atoms with Crippen LogP contribution in [0.3, 0.4) is 0 Å². The zero-order valence-corrected chi connectivity index (χ0v) is 12.7. The van der Waals surface area contributed by atoms with Gasteiger partial charge in [-0.25, -0.2) is 4.39 Å². The Labute approximate surface area is 129 Å². The lowest BCUT2D eigenvalue weighted by Gasteiger charge is -2.22. The van der Waals surface area contributed by atoms with Gasteiger partial charge in [-0.05, 0) is 56.5 Å². The minimum atomic E-state index is -0.497. The Morgan fingerprint density at radius 1 is 1.40 bits per heavy atom. The van der Waals surface area contributed by atoms with Crippen LogP contribution >= 0.6 is 24.0 Å². The highest BCUT2D eigenvalue weighted by Crippen LogP contribution is 2.21. The predicted octanol–water partition coefficient (Wildman–Crippen LogP) is 3.62. The van der Waals surface area contributed by atoms with Gasteiger partial charge in [-0.2, -0.15) is 0 Å². The lowest BCUT2D eigenvalue weighted by Crippen LogP contribution is -2.28. The molecule has 112 valence electrons. The zero-order chi connectivity index (χ0) is 13.7. The Bertz CT molecular complexity index is 451. The van der Waals surface area contributed by atoms with Crippen molar-refractivity contribution in [2.45, 2.75) is 25.7 Å². The first kappa shape index (κ1) is 17.2. The Balaban J connectivity index is 0.00000200. The normalized spacial score (nSPS) is 15.5. The van der Waals surface area contributed by atoms with Gasteiger partial charge in [-0.15, -0.1) is 12.4 Å². The first-order valence-corrected chi connectivity index (χ1v) is 6.98. The SMILES string of the molecule is Cl.O=C(CCC1CCNCC1)Nc1ccc(Cl)cc1F. The Morgan fingerprint density at radius 3 is 2.75 bits per heavy atom. The number of hydrogen-bond acceptors (Lipinski definition) is 2. The predicted molar refractivity (Wildman–Crippen MR) is 82.1 cm³/mol. The molecule has 1 aliphatic rings. The van der Waals surface area contributed by atoms with E-state index < -0.39 is 5.82 Å². The number of nitrogens with one attached hydrogen (secondary N) is 2. The molecule has 1 aliphatic heterocycles. The highest BCUT2D eigenvalue weighted by Gasteiger charge is 2.15. The molecule has 1 aromatic carbocycles. The molecule has 0 bridgehead atoms. The minimum Gasteiger partial charge on any atom is -0.324 e. The van der Waals surface area contributed by atoms with E-state index in [1.165, 1.54) is 12.1 Å². The van der Waals surface area contributed by atoms with Crippen LogP contribution in [-0.2, 0) is 4.79 Å². The zero-order valence-electron chi connectivity index (χ0n) is 11.1. The van der Waals surface area contributed by atoms with Gasteiger partial charge in [0.2, 0.25) is 5.91 Å². The molecule has 0 unspecified atom stereocenters. The van der Waals surface area contributed by atoms with Gasteiger partial charge in [0.25, 0.3) is 0 Å². The third-order valence-corrected chi connectivity index (χ3v) is 3.68. The van der Waals surface area contributed by atoms with E-state index in [0.29, 0.717) is 17.4 Å². The fourth-order valence-electron chi connectivity index (χ4n) is 2.31. The summed E-state index contributed by atoms with van der Waals surface area (Å²) < 4.78 is 13.5. The molecular weight excluding hydrogens is 302 g/mol. The van der Waals surface area contributed by atoms with E-state index in [1.807, 2.05) is 0 Å². The van der Waals surface area contributed by atoms with Crippen molar-refractivity contribution in [3.05, 3.63) is 29.0 Å². The van der Waals surface area contributed by atoms with E-state index >= 15 is 0 Å². The average Bonchev–Trinajstić information content (AvgIpc) is 2.41. The molecule has 2 rings (SSSR count). The van der Waals surface area contributed by atoms with Gasteiger partial charge >= 0.3 is 0 Å². The third kappa shape index (κ3) is 5.27. The topological polar surface area (TPSA) is 41.1 Å². The van der Waals surface area contributed by atoms with Crippen molar-refractivity contribution in [2.24, 2.45) is 5.92 Å². The second-order valence-corrected chi connectivity index (χ2v) is 5.34. The summed E-state index contributed by atoms with van der Waals surface area (Å²) in [6, 6.07) is 4.25. The number of anilines is 1. The quantitative estimate of drug-likeness (QED) is 0.889. The second-order valence-electron chi connectivity index (χ2n) is 4.90. The van der Waals surface area contributed by atoms with E-state index in [2.05, 4.69) is 10.6 Å². The molecule has 20 heavy (non-hydrogen) atoms. The summed E-state index contributed by atoms with van der Waals surface area (Å²) in [4.78, 5) is 11.8. The van der Waals surface area contributed by atoms with Crippen molar-refractivity contribution >= 4 is 35.6 Å². The van der Waals surface area contributed by atoms with Crippen LogP contribution < -0.4 is 10.6 Å². The van der Waals surface area contributed by atoms with Crippen LogP contribution in [0.1, 0.15) is 25.7 Å². The van der Waals surface area contributed by atoms with Gasteiger partial charge in [-0.3, -0.25) is 4.79 Å². The summed E-state index contributed by atoms with van der Waals surface area (Å²) in [7, 11) is 0. The Hall–Kier alpha value is -0.840. The van der Waals surface area contributed by atoms with Crippen LogP contribution in [0.5, 0.6) is 0 Å². The van der Waals surface area contributed by atoms with Gasteiger partial charge < -0.3 is 10.6 Å². The number of halogens is 3. The molecule has 0 atom stereocenters. The summed E-state index contributed by atoms with van der Waals surface area (Å²) >= 11 is 5.66. The highest BCUT2D eigenvalue weighted by molar-refractivity contribution is 6.30. The number of rotatable bonds is 4. The number of carbonyl (C=O) groups is 1. The molecule has 1 saturated heterocycles. The summed E-state index contributed by atoms with van der Waals surface area (Å²) in [6.07, 6.45) is 3.53. The van der Waals surface area contributed by atoms with Crippen LogP contribution in [0.4, 0.5) is 10.1 Å². The average molecular weight is 321 g/mol. The maximum atomic E-state index is 13.5. The first-order chi connectivity index (χ1) is 9.15. The monoisotopic (exact) mass is 320 g/mol. The summed E-state index contributed by atoms with van der Waals surface area (Å²) in [5.74, 6) is -0.0375. The molecule has 6 heteroatoms. The van der Waals surface area contributed by atoms with Crippen molar-refractivity contribution in [3.63, 3.8) is 0 Å². The number of amides is 1. The van der Waals surface area contributed by atoms with Gasteiger partial charge in [0.15, 0.2) is 0 Å². The fourth-order valence-corrected chi connectivity index (χ4v) is 2.47. The van der Waals surface area contributed by atoms with Crippen LogP contribution in [-0.4, -0.2) is 19.0 Å². The van der Waals surface area contributed by atoms with Gasteiger partial charge in [0.05, 0.1) is 5.69 Å². The van der Waals surface area contributed by atoms with Crippen LogP contribution in [0.25, 0.3) is 0 Å². The number of carbonyl (C=O) groups excluding carboxylic acids is 1. The lowest BCUT2D eigenvalue weighted by molar-refractivity contribution is -0.116. The molecule has 0 aliphatic carbocycles. The highest BCUT2D eigenvalue weighted by atomic mass is 35.5. The maximum absolute atomic E-state index is 13.5. The molecule has 1 fully saturated rings. The van der Waals surface area contributed by atoms with Crippen molar-refractivity contribution in [1.82, 2.24) is 5.32 Å². The maximum Gasteiger partial charge on any atom is 0.224 e. The van der Waals surface area contributed by atoms with Crippen LogP contribution in [0.15, 0.2) is 18.2 Å². The van der Waals surface area contributed by atoms with Crippen LogP contribution in [0.2, 0.25) is 5.02 Å². The summed E-state index contributed by atoms with van der Waals surface area (Å²) in [6.45, 7) is 2.05. The van der Waals surface area contributed by atoms with E-state index in [0.717, 1.165) is 32.4 Å². The van der Waals surface area contributed by atoms with Crippen molar-refractivity contribution in [2.75, 3.05) is 18.4 Å². The molecule has 2 N–H and O–H groups in total. The van der Waals surface area contributed by atoms with Crippen LogP contribution in [0, 0.1) is 11.7 Å². The van der Waals surface area contributed by atoms with Crippen molar-refractivity contribution < 1.29 is 9.18 Å². The summed E-state index contributed by atoms with van der Waals surface area (Å²) in [5.41, 5.74) is 0.194. The molecular formula is C14H19Cl2FN2O. The lowest BCUT2D eigenvalue weighted by atomic mass is 9.93. The van der Waals surface area contributed by atoms with E-state index in [1.54, 1.807) is 6.07 Å². The smallest absolute Gasteiger partial charge is 0.224 e. The van der Waals surface area contributed by atoms with Gasteiger partial charge in [0.1, 0.15) is 5.82 Å². The number of piperidine rings is 1. The molecule has 1 aromatic rings. The van der Waals surface area contributed by atoms with Gasteiger partial charge in [-0.1, -0.05) is 11.6 Å². The van der Waals surface area contributed by atoms with E-state index in [4.69, 9.17) is 11.6 Å². The molecule has 1 heterocycles. The summed E-state index contributed by atoms with van der Waals surface area (Å²) in [5, 5.41) is 6.21. The molecule has 0 saturated carbocycles. The molecule has 0 radical (unpaired) electrons. The van der Waals surface area contributed by atoms with Crippen molar-refractivity contribution in [3.8, 4) is 0 Å². The second kappa shape index (κ2) is 8.45. The molecule has 0 aromatic heterocycles. The van der Waals surface area contributed by atoms with E-state index in [-0.39, 0.29) is 24.0 Å². The van der Waals surface area contributed by atoms with E-state index in [9.17, 15) is 9.18 Å². The number of benzene rings is 1. The fraction of sp³-hybridized carbons (Fsp3) is 0.500. The third-order valence-electron chi connectivity index (χ3n) is 3.44. The Morgan fingerprint density at radius 2 is 2.10 bits per heavy atom. The molecule has 1 amide bonds. The van der Waals surface area contributed by atoms with Crippen molar-refractivity contribution in [1.29, 1.82) is 0 Å². The Kier molecular flexibility index (Phi) is 7.27.